The molecular formula is C23H31NO. The first-order valence-corrected chi connectivity index (χ1v) is 9.55. The molecule has 134 valence electrons. The molecule has 1 heterocycles. The summed E-state index contributed by atoms with van der Waals surface area (Å²) in [5.41, 5.74) is 1.92. The van der Waals surface area contributed by atoms with Crippen molar-refractivity contribution in [3.8, 4) is 0 Å². The number of rotatable bonds is 4. The van der Waals surface area contributed by atoms with Gasteiger partial charge in [-0.05, 0) is 24.6 Å². The van der Waals surface area contributed by atoms with Crippen molar-refractivity contribution >= 4 is 0 Å². The molecule has 0 spiro atoms. The molecule has 0 aliphatic carbocycles. The van der Waals surface area contributed by atoms with Crippen LogP contribution in [0.5, 0.6) is 0 Å². The van der Waals surface area contributed by atoms with Crippen molar-refractivity contribution in [2.24, 2.45) is 11.8 Å². The van der Waals surface area contributed by atoms with Crippen molar-refractivity contribution < 1.29 is 5.11 Å². The zero-order valence-electron chi connectivity index (χ0n) is 15.9. The molecule has 2 heteroatoms. The van der Waals surface area contributed by atoms with Gasteiger partial charge in [0.15, 0.2) is 0 Å². The number of piperidine rings is 1. The monoisotopic (exact) mass is 337 g/mol. The summed E-state index contributed by atoms with van der Waals surface area (Å²) >= 11 is 0. The Morgan fingerprint density at radius 1 is 0.840 bits per heavy atom. The minimum atomic E-state index is -0.664. The molecule has 0 amide bonds. The summed E-state index contributed by atoms with van der Waals surface area (Å²) in [4.78, 5) is 2.48. The summed E-state index contributed by atoms with van der Waals surface area (Å²) < 4.78 is 0. The van der Waals surface area contributed by atoms with Crippen molar-refractivity contribution in [2.75, 3.05) is 7.05 Å². The topological polar surface area (TPSA) is 23.5 Å². The van der Waals surface area contributed by atoms with Crippen LogP contribution in [0.3, 0.4) is 0 Å². The Bertz CT molecular complexity index is 616. The van der Waals surface area contributed by atoms with Gasteiger partial charge in [-0.2, -0.15) is 0 Å². The van der Waals surface area contributed by atoms with Gasteiger partial charge in [-0.3, -0.25) is 4.90 Å². The Hall–Kier alpha value is -1.64. The Kier molecular flexibility index (Phi) is 5.31. The molecule has 0 aromatic heterocycles. The molecule has 2 aromatic rings. The molecule has 2 aromatic carbocycles. The molecule has 3 rings (SSSR count). The highest BCUT2D eigenvalue weighted by atomic mass is 16.3. The van der Waals surface area contributed by atoms with Crippen LogP contribution in [-0.2, 0) is 0 Å². The molecule has 0 bridgehead atoms. The molecule has 1 unspecified atom stereocenters. The second-order valence-electron chi connectivity index (χ2n) is 7.70. The standard InChI is InChI=1S/C23H31NO/c1-5-16-23(25)17(2)21(19-12-8-6-9-13-19)24(4)22(18(23)3)20-14-10-7-11-15-20/h6-15,17-18,21-22,25H,5,16H2,1-4H3/t17-,18-,21-,22+,23?/m1/s1. The molecular weight excluding hydrogens is 306 g/mol. The Morgan fingerprint density at radius 2 is 1.24 bits per heavy atom. The van der Waals surface area contributed by atoms with Crippen molar-refractivity contribution in [1.29, 1.82) is 0 Å². The van der Waals surface area contributed by atoms with E-state index in [0.29, 0.717) is 0 Å². The highest BCUT2D eigenvalue weighted by molar-refractivity contribution is 5.28. The van der Waals surface area contributed by atoms with Crippen LogP contribution < -0.4 is 0 Å². The molecule has 1 N–H and O–H groups in total. The van der Waals surface area contributed by atoms with Crippen LogP contribution in [0.25, 0.3) is 0 Å². The summed E-state index contributed by atoms with van der Waals surface area (Å²) in [5.74, 6) is 0.352. The maximum Gasteiger partial charge on any atom is 0.0734 e. The van der Waals surface area contributed by atoms with Crippen molar-refractivity contribution in [1.82, 2.24) is 4.90 Å². The molecule has 2 nitrogen and oxygen atoms in total. The first-order chi connectivity index (χ1) is 12.0. The number of benzene rings is 2. The lowest BCUT2D eigenvalue weighted by molar-refractivity contribution is -0.159. The maximum atomic E-state index is 11.8. The minimum absolute atomic E-state index is 0.176. The predicted molar refractivity (Wildman–Crippen MR) is 104 cm³/mol. The summed E-state index contributed by atoms with van der Waals surface area (Å²) in [6, 6.07) is 21.7. The molecule has 1 fully saturated rings. The number of hydrogen-bond donors (Lipinski definition) is 1. The number of hydrogen-bond acceptors (Lipinski definition) is 2. The van der Waals surface area contributed by atoms with E-state index in [9.17, 15) is 5.11 Å². The highest BCUT2D eigenvalue weighted by Gasteiger charge is 2.53. The van der Waals surface area contributed by atoms with Crippen LogP contribution in [0.4, 0.5) is 0 Å². The average molecular weight is 338 g/mol. The van der Waals surface area contributed by atoms with Crippen LogP contribution in [0.2, 0.25) is 0 Å². The van der Waals surface area contributed by atoms with Crippen LogP contribution in [-0.4, -0.2) is 22.7 Å². The molecule has 1 aliphatic rings. The SMILES string of the molecule is CCCC1(O)[C@H](C)[C@@H](c2ccccc2)N(C)[C@@H](c2ccccc2)[C@H]1C. The van der Waals surface area contributed by atoms with Gasteiger partial charge >= 0.3 is 0 Å². The second kappa shape index (κ2) is 7.31. The lowest BCUT2D eigenvalue weighted by Crippen LogP contribution is -2.57. The van der Waals surface area contributed by atoms with E-state index < -0.39 is 5.60 Å². The van der Waals surface area contributed by atoms with E-state index >= 15 is 0 Å². The van der Waals surface area contributed by atoms with Crippen LogP contribution in [0, 0.1) is 11.8 Å². The normalized spacial score (nSPS) is 33.3. The molecule has 25 heavy (non-hydrogen) atoms. The van der Waals surface area contributed by atoms with E-state index in [0.717, 1.165) is 12.8 Å². The fourth-order valence-electron chi connectivity index (χ4n) is 5.04. The molecule has 5 atom stereocenters. The van der Waals surface area contributed by atoms with Crippen molar-refractivity contribution in [2.45, 2.75) is 51.3 Å². The van der Waals surface area contributed by atoms with E-state index in [2.05, 4.69) is 93.4 Å². The Morgan fingerprint density at radius 3 is 1.60 bits per heavy atom. The third-order valence-electron chi connectivity index (χ3n) is 6.33. The largest absolute Gasteiger partial charge is 0.389 e. The van der Waals surface area contributed by atoms with Gasteiger partial charge in [-0.1, -0.05) is 87.9 Å². The van der Waals surface area contributed by atoms with Gasteiger partial charge < -0.3 is 5.11 Å². The molecule has 1 saturated heterocycles. The fourth-order valence-corrected chi connectivity index (χ4v) is 5.04. The average Bonchev–Trinajstić information content (AvgIpc) is 2.63. The highest BCUT2D eigenvalue weighted by Crippen LogP contribution is 2.53. The van der Waals surface area contributed by atoms with Crippen LogP contribution in [0.15, 0.2) is 60.7 Å². The molecule has 1 aliphatic heterocycles. The van der Waals surface area contributed by atoms with Crippen LogP contribution in [0.1, 0.15) is 56.8 Å². The third-order valence-corrected chi connectivity index (χ3v) is 6.33. The first-order valence-electron chi connectivity index (χ1n) is 9.55. The zero-order chi connectivity index (χ0) is 18.0. The van der Waals surface area contributed by atoms with Gasteiger partial charge in [0.25, 0.3) is 0 Å². The molecule has 0 radical (unpaired) electrons. The lowest BCUT2D eigenvalue weighted by atomic mass is 9.63. The summed E-state index contributed by atoms with van der Waals surface area (Å²) in [6.07, 6.45) is 1.84. The van der Waals surface area contributed by atoms with Crippen molar-refractivity contribution in [3.05, 3.63) is 71.8 Å². The third kappa shape index (κ3) is 3.14. The van der Waals surface area contributed by atoms with E-state index in [1.807, 2.05) is 0 Å². The summed E-state index contributed by atoms with van der Waals surface area (Å²) in [6.45, 7) is 6.62. The fraction of sp³-hybridized carbons (Fsp3) is 0.478. The summed E-state index contributed by atoms with van der Waals surface area (Å²) in [5, 5.41) is 11.8. The maximum absolute atomic E-state index is 11.8. The van der Waals surface area contributed by atoms with Gasteiger partial charge in [0.05, 0.1) is 5.60 Å². The van der Waals surface area contributed by atoms with Crippen molar-refractivity contribution in [3.63, 3.8) is 0 Å². The molecule has 0 saturated carbocycles. The first kappa shape index (κ1) is 18.2. The Labute approximate surface area is 152 Å². The quantitative estimate of drug-likeness (QED) is 0.827. The van der Waals surface area contributed by atoms with Gasteiger partial charge in [-0.25, -0.2) is 0 Å². The van der Waals surface area contributed by atoms with E-state index in [4.69, 9.17) is 0 Å². The minimum Gasteiger partial charge on any atom is -0.389 e. The van der Waals surface area contributed by atoms with Gasteiger partial charge in [0.1, 0.15) is 0 Å². The van der Waals surface area contributed by atoms with E-state index in [1.54, 1.807) is 0 Å². The van der Waals surface area contributed by atoms with E-state index in [-0.39, 0.29) is 23.9 Å². The lowest BCUT2D eigenvalue weighted by Gasteiger charge is -2.56. The van der Waals surface area contributed by atoms with E-state index in [1.165, 1.54) is 11.1 Å². The number of aliphatic hydroxyl groups is 1. The smallest absolute Gasteiger partial charge is 0.0734 e. The van der Waals surface area contributed by atoms with Crippen LogP contribution >= 0.6 is 0 Å². The number of likely N-dealkylation sites (tertiary alicyclic amines) is 1. The van der Waals surface area contributed by atoms with Gasteiger partial charge in [0.2, 0.25) is 0 Å². The second-order valence-corrected chi connectivity index (χ2v) is 7.70. The zero-order valence-corrected chi connectivity index (χ0v) is 15.9. The Balaban J connectivity index is 2.10. The van der Waals surface area contributed by atoms with Gasteiger partial charge in [0, 0.05) is 23.9 Å². The number of nitrogens with zero attached hydrogens (tertiary/aromatic N) is 1. The summed E-state index contributed by atoms with van der Waals surface area (Å²) in [7, 11) is 2.22. The van der Waals surface area contributed by atoms with Gasteiger partial charge in [-0.15, -0.1) is 0 Å². The predicted octanol–water partition coefficient (Wildman–Crippen LogP) is 5.22.